The third-order valence-corrected chi connectivity index (χ3v) is 4.72. The van der Waals surface area contributed by atoms with E-state index in [2.05, 4.69) is 10.6 Å². The summed E-state index contributed by atoms with van der Waals surface area (Å²) in [4.78, 5) is 39.3. The van der Waals surface area contributed by atoms with Crippen molar-refractivity contribution in [2.75, 3.05) is 11.4 Å². The zero-order chi connectivity index (χ0) is 21.3. The van der Waals surface area contributed by atoms with Crippen molar-refractivity contribution in [1.29, 1.82) is 0 Å². The van der Waals surface area contributed by atoms with Gasteiger partial charge in [0, 0.05) is 17.1 Å². The highest BCUT2D eigenvalue weighted by molar-refractivity contribution is 6.07. The van der Waals surface area contributed by atoms with E-state index in [1.807, 2.05) is 34.6 Å². The molecule has 154 valence electrons. The molecule has 1 aromatic rings. The predicted molar refractivity (Wildman–Crippen MR) is 109 cm³/mol. The molecule has 0 saturated carbocycles. The largest absolute Gasteiger partial charge is 0.476 e. The molecule has 1 aliphatic rings. The molecular formula is C21H31N3O4. The quantitative estimate of drug-likeness (QED) is 0.783. The number of nitrogens with zero attached hydrogens (tertiary/aromatic N) is 1. The number of carbonyl (C=O) groups excluding carboxylic acids is 3. The van der Waals surface area contributed by atoms with Crippen molar-refractivity contribution in [3.8, 4) is 5.75 Å². The fourth-order valence-corrected chi connectivity index (χ4v) is 2.84. The van der Waals surface area contributed by atoms with Gasteiger partial charge in [-0.25, -0.2) is 0 Å². The van der Waals surface area contributed by atoms with Crippen LogP contribution in [0.3, 0.4) is 0 Å². The van der Waals surface area contributed by atoms with Crippen LogP contribution >= 0.6 is 0 Å². The molecule has 0 fully saturated rings. The fraction of sp³-hybridized carbons (Fsp3) is 0.571. The Balaban J connectivity index is 2.39. The Labute approximate surface area is 166 Å². The molecule has 2 rings (SSSR count). The van der Waals surface area contributed by atoms with Crippen LogP contribution in [0.2, 0.25) is 0 Å². The molecule has 0 aromatic heterocycles. The minimum atomic E-state index is -1.10. The van der Waals surface area contributed by atoms with E-state index in [4.69, 9.17) is 4.74 Å². The Kier molecular flexibility index (Phi) is 6.06. The minimum Gasteiger partial charge on any atom is -0.476 e. The Morgan fingerprint density at radius 2 is 1.89 bits per heavy atom. The summed E-state index contributed by atoms with van der Waals surface area (Å²) in [6.45, 7) is 12.8. The van der Waals surface area contributed by atoms with Crippen LogP contribution in [0, 0.1) is 0 Å². The molecule has 0 aliphatic carbocycles. The van der Waals surface area contributed by atoms with Gasteiger partial charge in [0.05, 0.1) is 5.69 Å². The lowest BCUT2D eigenvalue weighted by molar-refractivity contribution is -0.134. The number of hydrogen-bond acceptors (Lipinski definition) is 4. The van der Waals surface area contributed by atoms with Crippen molar-refractivity contribution in [2.45, 2.75) is 72.1 Å². The summed E-state index contributed by atoms with van der Waals surface area (Å²) in [7, 11) is 0. The maximum atomic E-state index is 12.9. The van der Waals surface area contributed by atoms with Crippen molar-refractivity contribution in [2.24, 2.45) is 0 Å². The molecule has 1 aliphatic heterocycles. The molecule has 7 nitrogen and oxygen atoms in total. The molecule has 0 spiro atoms. The molecular weight excluding hydrogens is 358 g/mol. The number of hydrogen-bond donors (Lipinski definition) is 2. The molecule has 0 radical (unpaired) electrons. The molecule has 0 saturated heterocycles. The van der Waals surface area contributed by atoms with Gasteiger partial charge in [-0.05, 0) is 66.2 Å². The van der Waals surface area contributed by atoms with E-state index >= 15 is 0 Å². The highest BCUT2D eigenvalue weighted by atomic mass is 16.5. The Morgan fingerprint density at radius 1 is 1.25 bits per heavy atom. The van der Waals surface area contributed by atoms with Gasteiger partial charge >= 0.3 is 0 Å². The number of ether oxygens (including phenoxy) is 1. The monoisotopic (exact) mass is 389 g/mol. The van der Waals surface area contributed by atoms with E-state index < -0.39 is 5.60 Å². The van der Waals surface area contributed by atoms with Crippen LogP contribution in [0.15, 0.2) is 18.2 Å². The topological polar surface area (TPSA) is 87.7 Å². The van der Waals surface area contributed by atoms with Crippen LogP contribution in [0.4, 0.5) is 5.69 Å². The molecule has 0 bridgehead atoms. The zero-order valence-electron chi connectivity index (χ0n) is 17.8. The number of rotatable bonds is 6. The molecule has 0 atom stereocenters. The average Bonchev–Trinajstić information content (AvgIpc) is 2.57. The fourth-order valence-electron chi connectivity index (χ4n) is 2.84. The molecule has 0 unspecified atom stereocenters. The van der Waals surface area contributed by atoms with Gasteiger partial charge in [-0.2, -0.15) is 0 Å². The Hall–Kier alpha value is -2.57. The third kappa shape index (κ3) is 4.82. The van der Waals surface area contributed by atoms with E-state index in [9.17, 15) is 14.4 Å². The van der Waals surface area contributed by atoms with Crippen molar-refractivity contribution in [1.82, 2.24) is 10.6 Å². The first-order valence-corrected chi connectivity index (χ1v) is 9.63. The van der Waals surface area contributed by atoms with Gasteiger partial charge in [0.1, 0.15) is 12.3 Å². The van der Waals surface area contributed by atoms with Gasteiger partial charge in [-0.3, -0.25) is 19.3 Å². The van der Waals surface area contributed by atoms with Crippen LogP contribution in [0.25, 0.3) is 0 Å². The molecule has 7 heteroatoms. The number of nitrogens with one attached hydrogen (secondary N) is 2. The van der Waals surface area contributed by atoms with E-state index in [1.54, 1.807) is 32.0 Å². The van der Waals surface area contributed by atoms with Crippen molar-refractivity contribution >= 4 is 23.4 Å². The van der Waals surface area contributed by atoms with Crippen LogP contribution in [-0.4, -0.2) is 41.4 Å². The van der Waals surface area contributed by atoms with Crippen molar-refractivity contribution < 1.29 is 19.1 Å². The molecule has 1 aromatic carbocycles. The van der Waals surface area contributed by atoms with Gasteiger partial charge in [0.25, 0.3) is 11.8 Å². The van der Waals surface area contributed by atoms with Crippen molar-refractivity contribution in [3.05, 3.63) is 23.8 Å². The summed E-state index contributed by atoms with van der Waals surface area (Å²) in [6, 6.07) is 4.90. The summed E-state index contributed by atoms with van der Waals surface area (Å²) in [6.07, 6.45) is 0.779. The minimum absolute atomic E-state index is 0.0375. The average molecular weight is 389 g/mol. The van der Waals surface area contributed by atoms with Gasteiger partial charge in [0.2, 0.25) is 5.91 Å². The SMILES string of the molecule is CCC(C)(C)NC(=O)c1ccc2c(c1)N(CC(=O)NC(C)C)C(=O)C(C)(C)O2. The highest BCUT2D eigenvalue weighted by Gasteiger charge is 2.42. The van der Waals surface area contributed by atoms with Crippen LogP contribution < -0.4 is 20.3 Å². The van der Waals surface area contributed by atoms with Crippen molar-refractivity contribution in [3.63, 3.8) is 0 Å². The predicted octanol–water partition coefficient (Wildman–Crippen LogP) is 2.63. The third-order valence-electron chi connectivity index (χ3n) is 4.72. The lowest BCUT2D eigenvalue weighted by atomic mass is 10.00. The van der Waals surface area contributed by atoms with E-state index in [-0.39, 0.29) is 35.8 Å². The van der Waals surface area contributed by atoms with Gasteiger partial charge in [-0.1, -0.05) is 6.92 Å². The van der Waals surface area contributed by atoms with E-state index in [0.29, 0.717) is 17.0 Å². The highest BCUT2D eigenvalue weighted by Crippen LogP contribution is 2.38. The van der Waals surface area contributed by atoms with Crippen LogP contribution in [0.1, 0.15) is 65.2 Å². The second-order valence-corrected chi connectivity index (χ2v) is 8.60. The summed E-state index contributed by atoms with van der Waals surface area (Å²) < 4.78 is 5.83. The van der Waals surface area contributed by atoms with Crippen LogP contribution in [-0.2, 0) is 9.59 Å². The van der Waals surface area contributed by atoms with Gasteiger partial charge in [0.15, 0.2) is 5.60 Å². The Bertz CT molecular complexity index is 784. The maximum absolute atomic E-state index is 12.9. The first kappa shape index (κ1) is 21.7. The zero-order valence-corrected chi connectivity index (χ0v) is 17.8. The summed E-state index contributed by atoms with van der Waals surface area (Å²) >= 11 is 0. The normalized spacial score (nSPS) is 15.7. The van der Waals surface area contributed by atoms with E-state index in [1.165, 1.54) is 4.90 Å². The summed E-state index contributed by atoms with van der Waals surface area (Å²) in [5.74, 6) is -0.369. The Morgan fingerprint density at radius 3 is 2.46 bits per heavy atom. The lowest BCUT2D eigenvalue weighted by Crippen LogP contribution is -2.55. The lowest BCUT2D eigenvalue weighted by Gasteiger charge is -2.38. The first-order chi connectivity index (χ1) is 12.9. The van der Waals surface area contributed by atoms with Gasteiger partial charge < -0.3 is 15.4 Å². The smallest absolute Gasteiger partial charge is 0.271 e. The summed E-state index contributed by atoms with van der Waals surface area (Å²) in [5.41, 5.74) is -0.618. The number of carbonyl (C=O) groups is 3. The van der Waals surface area contributed by atoms with Crippen LogP contribution in [0.5, 0.6) is 5.75 Å². The standard InChI is InChI=1S/C21H31N3O4/c1-8-20(4,5)23-18(26)14-9-10-16-15(11-14)24(12-17(25)22-13(2)3)19(27)21(6,7)28-16/h9-11,13H,8,12H2,1-7H3,(H,22,25)(H,23,26). The molecule has 2 N–H and O–H groups in total. The van der Waals surface area contributed by atoms with E-state index in [0.717, 1.165) is 6.42 Å². The number of amides is 3. The maximum Gasteiger partial charge on any atom is 0.271 e. The number of benzene rings is 1. The molecule has 28 heavy (non-hydrogen) atoms. The summed E-state index contributed by atoms with van der Waals surface area (Å²) in [5, 5.41) is 5.77. The second-order valence-electron chi connectivity index (χ2n) is 8.60. The number of anilines is 1. The van der Waals surface area contributed by atoms with Gasteiger partial charge in [-0.15, -0.1) is 0 Å². The number of fused-ring (bicyclic) bond motifs is 1. The second kappa shape index (κ2) is 7.81. The molecule has 1 heterocycles. The molecule has 3 amide bonds. The first-order valence-electron chi connectivity index (χ1n) is 9.63.